The molecule has 0 aromatic heterocycles. The molecular weight excluding hydrogens is 197 g/mol. The summed E-state index contributed by atoms with van der Waals surface area (Å²) in [5.74, 6) is -0.829. The van der Waals surface area contributed by atoms with E-state index in [0.717, 1.165) is 0 Å². The summed E-state index contributed by atoms with van der Waals surface area (Å²) in [6.07, 6.45) is -0.182. The number of hydrogen-bond donors (Lipinski definition) is 0. The SMILES string of the molecule is CCOC(OCC)C(C#N)C=O.[KH]. The molecule has 0 aliphatic carbocycles. The second kappa shape index (κ2) is 10.8. The molecule has 0 rings (SSSR count). The van der Waals surface area contributed by atoms with E-state index in [1.807, 2.05) is 0 Å². The van der Waals surface area contributed by atoms with Crippen LogP contribution in [0.1, 0.15) is 13.8 Å². The molecule has 0 saturated heterocycles. The first kappa shape index (κ1) is 16.2. The molecule has 0 aromatic carbocycles. The predicted octanol–water partition coefficient (Wildman–Crippen LogP) is 0.0757. The Hall–Kier alpha value is 0.716. The van der Waals surface area contributed by atoms with E-state index in [1.54, 1.807) is 19.9 Å². The van der Waals surface area contributed by atoms with Crippen molar-refractivity contribution in [3.63, 3.8) is 0 Å². The molecule has 1 unspecified atom stereocenters. The summed E-state index contributed by atoms with van der Waals surface area (Å²) in [5.41, 5.74) is 0. The third-order valence-electron chi connectivity index (χ3n) is 1.25. The first-order chi connectivity index (χ1) is 5.79. The average molecular weight is 211 g/mol. The van der Waals surface area contributed by atoms with Crippen LogP contribution < -0.4 is 0 Å². The number of hydrogen-bond acceptors (Lipinski definition) is 4. The van der Waals surface area contributed by atoms with Gasteiger partial charge in [-0.3, -0.25) is 0 Å². The minimum atomic E-state index is -0.829. The van der Waals surface area contributed by atoms with E-state index in [4.69, 9.17) is 14.7 Å². The van der Waals surface area contributed by atoms with Crippen molar-refractivity contribution in [1.29, 1.82) is 5.26 Å². The second-order valence-corrected chi connectivity index (χ2v) is 2.07. The fraction of sp³-hybridized carbons (Fsp3) is 0.750. The van der Waals surface area contributed by atoms with E-state index in [1.165, 1.54) is 0 Å². The Balaban J connectivity index is 0. The van der Waals surface area contributed by atoms with Crippen LogP contribution in [0.2, 0.25) is 0 Å². The standard InChI is InChI=1S/C8H13NO3.K.H/c1-3-11-8(12-4-2)7(5-9)6-10;;/h6-8H,3-4H2,1-2H3;;. The molecule has 0 fully saturated rings. The monoisotopic (exact) mass is 211 g/mol. The van der Waals surface area contributed by atoms with Gasteiger partial charge >= 0.3 is 51.4 Å². The molecule has 70 valence electrons. The number of nitriles is 1. The van der Waals surface area contributed by atoms with Gasteiger partial charge in [0, 0.05) is 13.2 Å². The van der Waals surface area contributed by atoms with Gasteiger partial charge in [0.1, 0.15) is 6.29 Å². The van der Waals surface area contributed by atoms with Crippen molar-refractivity contribution in [2.75, 3.05) is 13.2 Å². The third-order valence-corrected chi connectivity index (χ3v) is 1.25. The van der Waals surface area contributed by atoms with Crippen molar-refractivity contribution in [2.45, 2.75) is 20.1 Å². The van der Waals surface area contributed by atoms with Gasteiger partial charge in [-0.05, 0) is 13.8 Å². The summed E-state index contributed by atoms with van der Waals surface area (Å²) in [5, 5.41) is 8.51. The van der Waals surface area contributed by atoms with Gasteiger partial charge in [0.15, 0.2) is 12.2 Å². The quantitative estimate of drug-likeness (QED) is 0.354. The molecule has 0 aliphatic heterocycles. The van der Waals surface area contributed by atoms with Crippen LogP contribution in [0.25, 0.3) is 0 Å². The topological polar surface area (TPSA) is 59.3 Å². The summed E-state index contributed by atoms with van der Waals surface area (Å²) in [4.78, 5) is 10.3. The number of ether oxygens (including phenoxy) is 2. The molecule has 0 aromatic rings. The van der Waals surface area contributed by atoms with Crippen LogP contribution in [0.4, 0.5) is 0 Å². The van der Waals surface area contributed by atoms with Gasteiger partial charge in [-0.25, -0.2) is 0 Å². The average Bonchev–Trinajstić information content (AvgIpc) is 2.07. The van der Waals surface area contributed by atoms with Crippen LogP contribution in [-0.4, -0.2) is 77.2 Å². The van der Waals surface area contributed by atoms with Crippen LogP contribution in [0, 0.1) is 17.2 Å². The molecule has 0 saturated carbocycles. The maximum absolute atomic E-state index is 10.3. The molecule has 5 heteroatoms. The van der Waals surface area contributed by atoms with Gasteiger partial charge in [0.25, 0.3) is 0 Å². The summed E-state index contributed by atoms with van der Waals surface area (Å²) in [7, 11) is 0. The number of nitrogens with zero attached hydrogens (tertiary/aromatic N) is 1. The van der Waals surface area contributed by atoms with Crippen molar-refractivity contribution in [3.05, 3.63) is 0 Å². The Labute approximate surface area is 121 Å². The molecule has 0 aliphatic rings. The molecule has 13 heavy (non-hydrogen) atoms. The first-order valence-corrected chi connectivity index (χ1v) is 3.88. The number of rotatable bonds is 6. The Kier molecular flexibility index (Phi) is 13.4. The minimum absolute atomic E-state index is 0. The zero-order valence-corrected chi connectivity index (χ0v) is 7.32. The summed E-state index contributed by atoms with van der Waals surface area (Å²) in [6, 6.07) is 1.80. The molecule has 0 N–H and O–H groups in total. The number of carbonyl (C=O) groups is 1. The van der Waals surface area contributed by atoms with Gasteiger partial charge < -0.3 is 14.3 Å². The van der Waals surface area contributed by atoms with Crippen molar-refractivity contribution in [2.24, 2.45) is 5.92 Å². The van der Waals surface area contributed by atoms with Crippen LogP contribution >= 0.6 is 0 Å². The first-order valence-electron chi connectivity index (χ1n) is 3.88. The Morgan fingerprint density at radius 3 is 2.08 bits per heavy atom. The summed E-state index contributed by atoms with van der Waals surface area (Å²) < 4.78 is 10.1. The van der Waals surface area contributed by atoms with Crippen molar-refractivity contribution in [3.8, 4) is 6.07 Å². The molecule has 0 spiro atoms. The van der Waals surface area contributed by atoms with E-state index in [-0.39, 0.29) is 51.4 Å². The summed E-state index contributed by atoms with van der Waals surface area (Å²) >= 11 is 0. The Morgan fingerprint density at radius 2 is 1.85 bits per heavy atom. The van der Waals surface area contributed by atoms with E-state index in [0.29, 0.717) is 19.5 Å². The number of aldehydes is 1. The molecule has 0 radical (unpaired) electrons. The normalized spacial score (nSPS) is 11.5. The molecule has 0 bridgehead atoms. The van der Waals surface area contributed by atoms with Crippen LogP contribution in [-0.2, 0) is 14.3 Å². The Morgan fingerprint density at radius 1 is 1.38 bits per heavy atom. The van der Waals surface area contributed by atoms with Crippen LogP contribution in [0.15, 0.2) is 0 Å². The second-order valence-electron chi connectivity index (χ2n) is 2.07. The third kappa shape index (κ3) is 6.74. The van der Waals surface area contributed by atoms with Crippen molar-refractivity contribution in [1.82, 2.24) is 0 Å². The van der Waals surface area contributed by atoms with Gasteiger partial charge in [0.2, 0.25) is 0 Å². The molecular formula is C8H14KNO3. The fourth-order valence-electron chi connectivity index (χ4n) is 0.739. The molecule has 0 amide bonds. The maximum atomic E-state index is 10.3. The number of carbonyl (C=O) groups excluding carboxylic acids is 1. The van der Waals surface area contributed by atoms with Gasteiger partial charge in [-0.2, -0.15) is 5.26 Å². The zero-order valence-electron chi connectivity index (χ0n) is 7.32. The van der Waals surface area contributed by atoms with E-state index in [2.05, 4.69) is 0 Å². The van der Waals surface area contributed by atoms with Gasteiger partial charge in [0.05, 0.1) is 6.07 Å². The zero-order chi connectivity index (χ0) is 9.40. The van der Waals surface area contributed by atoms with Gasteiger partial charge in [-0.1, -0.05) is 0 Å². The van der Waals surface area contributed by atoms with E-state index < -0.39 is 12.2 Å². The Bertz CT molecular complexity index is 163. The summed E-state index contributed by atoms with van der Waals surface area (Å²) in [6.45, 7) is 4.42. The molecule has 0 heterocycles. The fourth-order valence-corrected chi connectivity index (χ4v) is 0.739. The van der Waals surface area contributed by atoms with Crippen LogP contribution in [0.5, 0.6) is 0 Å². The van der Waals surface area contributed by atoms with E-state index >= 15 is 0 Å². The van der Waals surface area contributed by atoms with E-state index in [9.17, 15) is 4.79 Å². The molecule has 4 nitrogen and oxygen atoms in total. The molecule has 1 atom stereocenters. The van der Waals surface area contributed by atoms with Crippen LogP contribution in [0.3, 0.4) is 0 Å². The predicted molar refractivity (Wildman–Crippen MR) is 49.4 cm³/mol. The van der Waals surface area contributed by atoms with Crippen molar-refractivity contribution < 1.29 is 14.3 Å². The van der Waals surface area contributed by atoms with Gasteiger partial charge in [-0.15, -0.1) is 0 Å². The van der Waals surface area contributed by atoms with Crippen molar-refractivity contribution >= 4 is 57.7 Å².